The molecule has 1 heteroatoms. The van der Waals surface area contributed by atoms with Crippen LogP contribution in [-0.4, -0.2) is 0 Å². The van der Waals surface area contributed by atoms with Crippen molar-refractivity contribution in [2.45, 2.75) is 33.1 Å². The Labute approximate surface area is 115 Å². The van der Waals surface area contributed by atoms with E-state index in [9.17, 15) is 5.26 Å². The summed E-state index contributed by atoms with van der Waals surface area (Å²) >= 11 is 0. The number of hydrogen-bond donors (Lipinski definition) is 0. The number of benzene rings is 2. The zero-order valence-corrected chi connectivity index (χ0v) is 11.8. The van der Waals surface area contributed by atoms with E-state index in [1.807, 2.05) is 0 Å². The second kappa shape index (κ2) is 5.71. The van der Waals surface area contributed by atoms with Crippen LogP contribution in [0.4, 0.5) is 0 Å². The molecule has 1 atom stereocenters. The average Bonchev–Trinajstić information content (AvgIpc) is 2.41. The predicted octanol–water partition coefficient (Wildman–Crippen LogP) is 4.46. The third kappa shape index (κ3) is 3.23. The molecule has 96 valence electrons. The third-order valence-electron chi connectivity index (χ3n) is 3.56. The highest BCUT2D eigenvalue weighted by atomic mass is 14.3. The van der Waals surface area contributed by atoms with Gasteiger partial charge in [-0.2, -0.15) is 5.26 Å². The molecule has 0 heterocycles. The fourth-order valence-corrected chi connectivity index (χ4v) is 2.28. The van der Waals surface area contributed by atoms with Crippen LogP contribution >= 0.6 is 0 Å². The molecule has 0 N–H and O–H groups in total. The molecule has 0 saturated heterocycles. The van der Waals surface area contributed by atoms with Crippen molar-refractivity contribution in [1.29, 1.82) is 5.26 Å². The molecule has 0 aliphatic carbocycles. The fourth-order valence-electron chi connectivity index (χ4n) is 2.28. The van der Waals surface area contributed by atoms with Crippen LogP contribution in [-0.2, 0) is 6.42 Å². The fraction of sp³-hybridized carbons (Fsp3) is 0.278. The van der Waals surface area contributed by atoms with Gasteiger partial charge in [-0.25, -0.2) is 0 Å². The van der Waals surface area contributed by atoms with Gasteiger partial charge in [-0.15, -0.1) is 0 Å². The van der Waals surface area contributed by atoms with Crippen LogP contribution in [0.3, 0.4) is 0 Å². The van der Waals surface area contributed by atoms with Crippen LogP contribution in [0.15, 0.2) is 42.5 Å². The van der Waals surface area contributed by atoms with Crippen molar-refractivity contribution >= 4 is 0 Å². The minimum absolute atomic E-state index is 0.0684. The van der Waals surface area contributed by atoms with Crippen LogP contribution in [0.2, 0.25) is 0 Å². The molecule has 0 amide bonds. The molecule has 1 unspecified atom stereocenters. The summed E-state index contributed by atoms with van der Waals surface area (Å²) in [4.78, 5) is 0. The Hall–Kier alpha value is -2.07. The zero-order valence-electron chi connectivity index (χ0n) is 11.8. The van der Waals surface area contributed by atoms with Crippen LogP contribution in [0.1, 0.15) is 33.7 Å². The van der Waals surface area contributed by atoms with E-state index >= 15 is 0 Å². The van der Waals surface area contributed by atoms with Crippen molar-refractivity contribution < 1.29 is 0 Å². The molecule has 2 aromatic carbocycles. The van der Waals surface area contributed by atoms with Crippen molar-refractivity contribution in [3.8, 4) is 6.07 Å². The van der Waals surface area contributed by atoms with Crippen LogP contribution < -0.4 is 0 Å². The first-order chi connectivity index (χ1) is 9.10. The summed E-state index contributed by atoms with van der Waals surface area (Å²) < 4.78 is 0. The lowest BCUT2D eigenvalue weighted by molar-refractivity contribution is 0.841. The van der Waals surface area contributed by atoms with Gasteiger partial charge in [0.25, 0.3) is 0 Å². The zero-order chi connectivity index (χ0) is 13.8. The van der Waals surface area contributed by atoms with E-state index in [0.29, 0.717) is 0 Å². The molecule has 0 aliphatic heterocycles. The van der Waals surface area contributed by atoms with Gasteiger partial charge in [-0.3, -0.25) is 0 Å². The van der Waals surface area contributed by atoms with E-state index in [-0.39, 0.29) is 5.92 Å². The van der Waals surface area contributed by atoms with E-state index in [0.717, 1.165) is 12.0 Å². The first-order valence-electron chi connectivity index (χ1n) is 6.62. The number of rotatable bonds is 3. The Bertz CT molecular complexity index is 603. The van der Waals surface area contributed by atoms with Crippen molar-refractivity contribution in [2.24, 2.45) is 0 Å². The van der Waals surface area contributed by atoms with Crippen molar-refractivity contribution in [1.82, 2.24) is 0 Å². The maximum atomic E-state index is 9.42. The lowest BCUT2D eigenvalue weighted by atomic mass is 9.90. The molecule has 0 spiro atoms. The topological polar surface area (TPSA) is 23.8 Å². The summed E-state index contributed by atoms with van der Waals surface area (Å²) in [5, 5.41) is 9.42. The smallest absolute Gasteiger partial charge is 0.0753 e. The number of nitrogens with zero attached hydrogens (tertiary/aromatic N) is 1. The number of hydrogen-bond acceptors (Lipinski definition) is 1. The Morgan fingerprint density at radius 2 is 1.58 bits per heavy atom. The minimum Gasteiger partial charge on any atom is -0.198 e. The molecule has 2 aromatic rings. The van der Waals surface area contributed by atoms with Gasteiger partial charge in [0.05, 0.1) is 12.0 Å². The quantitative estimate of drug-likeness (QED) is 0.787. The first-order valence-corrected chi connectivity index (χ1v) is 6.62. The summed E-state index contributed by atoms with van der Waals surface area (Å²) in [7, 11) is 0. The number of nitriles is 1. The van der Waals surface area contributed by atoms with Gasteiger partial charge in [0.2, 0.25) is 0 Å². The highest BCUT2D eigenvalue weighted by molar-refractivity contribution is 5.35. The minimum atomic E-state index is -0.0684. The lowest BCUT2D eigenvalue weighted by Gasteiger charge is -2.12. The van der Waals surface area contributed by atoms with Gasteiger partial charge in [0, 0.05) is 0 Å². The SMILES string of the molecule is Cc1ccc(C(C#N)Cc2cc(C)ccc2C)cc1. The normalized spacial score (nSPS) is 11.9. The Morgan fingerprint density at radius 3 is 2.21 bits per heavy atom. The van der Waals surface area contributed by atoms with E-state index in [1.54, 1.807) is 0 Å². The molecular formula is C18H19N. The number of aryl methyl sites for hydroxylation is 3. The van der Waals surface area contributed by atoms with Crippen LogP contribution in [0, 0.1) is 32.1 Å². The van der Waals surface area contributed by atoms with Gasteiger partial charge < -0.3 is 0 Å². The van der Waals surface area contributed by atoms with Crippen molar-refractivity contribution in [3.05, 3.63) is 70.3 Å². The van der Waals surface area contributed by atoms with E-state index in [1.165, 1.54) is 22.3 Å². The predicted molar refractivity (Wildman–Crippen MR) is 79.2 cm³/mol. The largest absolute Gasteiger partial charge is 0.198 e. The summed E-state index contributed by atoms with van der Waals surface area (Å²) in [6, 6.07) is 17.1. The Morgan fingerprint density at radius 1 is 0.947 bits per heavy atom. The second-order valence-electron chi connectivity index (χ2n) is 5.23. The van der Waals surface area contributed by atoms with Crippen molar-refractivity contribution in [2.75, 3.05) is 0 Å². The van der Waals surface area contributed by atoms with Crippen LogP contribution in [0.5, 0.6) is 0 Å². The highest BCUT2D eigenvalue weighted by Crippen LogP contribution is 2.23. The van der Waals surface area contributed by atoms with Crippen molar-refractivity contribution in [3.63, 3.8) is 0 Å². The Kier molecular flexibility index (Phi) is 4.02. The molecule has 0 aromatic heterocycles. The maximum absolute atomic E-state index is 9.42. The highest BCUT2D eigenvalue weighted by Gasteiger charge is 2.12. The molecule has 0 radical (unpaired) electrons. The second-order valence-corrected chi connectivity index (χ2v) is 5.23. The molecule has 1 nitrogen and oxygen atoms in total. The molecule has 0 aliphatic rings. The van der Waals surface area contributed by atoms with Gasteiger partial charge in [-0.1, -0.05) is 53.6 Å². The molecule has 2 rings (SSSR count). The Balaban J connectivity index is 2.27. The van der Waals surface area contributed by atoms with E-state index in [4.69, 9.17) is 0 Å². The van der Waals surface area contributed by atoms with Gasteiger partial charge in [0.1, 0.15) is 0 Å². The summed E-state index contributed by atoms with van der Waals surface area (Å²) in [6.07, 6.45) is 0.785. The van der Waals surface area contributed by atoms with Gasteiger partial charge in [-0.05, 0) is 43.9 Å². The van der Waals surface area contributed by atoms with Crippen LogP contribution in [0.25, 0.3) is 0 Å². The van der Waals surface area contributed by atoms with E-state index < -0.39 is 0 Å². The molecule has 0 saturated carbocycles. The summed E-state index contributed by atoms with van der Waals surface area (Å²) in [6.45, 7) is 6.27. The summed E-state index contributed by atoms with van der Waals surface area (Å²) in [5.74, 6) is -0.0684. The van der Waals surface area contributed by atoms with Gasteiger partial charge in [0.15, 0.2) is 0 Å². The standard InChI is InChI=1S/C18H19N/c1-13-5-8-16(9-6-13)18(12-19)11-17-10-14(2)4-7-15(17)3/h4-10,18H,11H2,1-3H3. The molecule has 0 fully saturated rings. The molecular weight excluding hydrogens is 230 g/mol. The maximum Gasteiger partial charge on any atom is 0.0753 e. The molecule has 19 heavy (non-hydrogen) atoms. The van der Waals surface area contributed by atoms with E-state index in [2.05, 4.69) is 69.3 Å². The lowest BCUT2D eigenvalue weighted by Crippen LogP contribution is -2.02. The first kappa shape index (κ1) is 13.4. The summed E-state index contributed by atoms with van der Waals surface area (Å²) in [5.41, 5.74) is 6.12. The van der Waals surface area contributed by atoms with Gasteiger partial charge >= 0.3 is 0 Å². The average molecular weight is 249 g/mol. The molecule has 0 bridgehead atoms. The monoisotopic (exact) mass is 249 g/mol. The third-order valence-corrected chi connectivity index (χ3v) is 3.56.